The molecule has 2 aromatic carbocycles. The van der Waals surface area contributed by atoms with Crippen molar-refractivity contribution in [2.75, 3.05) is 13.2 Å². The number of carbonyl (C=O) groups excluding carboxylic acids is 2. The zero-order valence-corrected chi connectivity index (χ0v) is 15.0. The van der Waals surface area contributed by atoms with Crippen LogP contribution in [0.5, 0.6) is 11.5 Å². The summed E-state index contributed by atoms with van der Waals surface area (Å²) in [6.45, 7) is 3.81. The van der Waals surface area contributed by atoms with Gasteiger partial charge in [-0.25, -0.2) is 4.39 Å². The second-order valence-electron chi connectivity index (χ2n) is 5.42. The molecule has 27 heavy (non-hydrogen) atoms. The molecule has 0 spiro atoms. The molecule has 6 nitrogen and oxygen atoms in total. The van der Waals surface area contributed by atoms with Crippen molar-refractivity contribution in [3.63, 3.8) is 0 Å². The quantitative estimate of drug-likeness (QED) is 0.721. The molecule has 0 atom stereocenters. The number of rotatable bonds is 8. The minimum absolute atomic E-state index is 0.113. The van der Waals surface area contributed by atoms with Gasteiger partial charge in [0.1, 0.15) is 6.07 Å². The maximum atomic E-state index is 14.7. The van der Waals surface area contributed by atoms with Crippen LogP contribution in [-0.2, 0) is 6.54 Å². The predicted octanol–water partition coefficient (Wildman–Crippen LogP) is 3.24. The number of hydrogen-bond donors (Lipinski definition) is 1. The second-order valence-corrected chi connectivity index (χ2v) is 5.42. The summed E-state index contributed by atoms with van der Waals surface area (Å²) in [5, 5.41) is 11.9. The van der Waals surface area contributed by atoms with Crippen LogP contribution < -0.4 is 14.8 Å². The summed E-state index contributed by atoms with van der Waals surface area (Å²) in [7, 11) is 0. The zero-order chi connectivity index (χ0) is 19.8. The van der Waals surface area contributed by atoms with Gasteiger partial charge in [-0.1, -0.05) is 18.2 Å². The van der Waals surface area contributed by atoms with Gasteiger partial charge in [-0.3, -0.25) is 9.59 Å². The molecule has 0 radical (unpaired) electrons. The number of amides is 1. The first kappa shape index (κ1) is 19.9. The van der Waals surface area contributed by atoms with Crippen LogP contribution in [0, 0.1) is 17.1 Å². The van der Waals surface area contributed by atoms with E-state index >= 15 is 0 Å². The smallest absolute Gasteiger partial charge is 0.252 e. The van der Waals surface area contributed by atoms with E-state index in [9.17, 15) is 19.2 Å². The lowest BCUT2D eigenvalue weighted by atomic mass is 10.0. The van der Waals surface area contributed by atoms with Crippen LogP contribution in [-0.4, -0.2) is 25.4 Å². The Morgan fingerprint density at radius 2 is 1.96 bits per heavy atom. The number of halogens is 1. The lowest BCUT2D eigenvalue weighted by molar-refractivity contribution is 0.0945. The number of ether oxygens (including phenoxy) is 2. The van der Waals surface area contributed by atoms with Crippen LogP contribution in [0.2, 0.25) is 0 Å². The van der Waals surface area contributed by atoms with Gasteiger partial charge < -0.3 is 14.8 Å². The molecular weight excluding hydrogens is 351 g/mol. The highest BCUT2D eigenvalue weighted by molar-refractivity contribution is 6.01. The molecule has 0 heterocycles. The maximum Gasteiger partial charge on any atom is 0.252 e. The number of carbonyl (C=O) groups is 2. The van der Waals surface area contributed by atoms with Crippen molar-refractivity contribution in [3.05, 3.63) is 58.4 Å². The Hall–Kier alpha value is -3.40. The second kappa shape index (κ2) is 9.34. The van der Waals surface area contributed by atoms with Crippen LogP contribution in [0.4, 0.5) is 4.39 Å². The van der Waals surface area contributed by atoms with Crippen LogP contribution in [0.25, 0.3) is 0 Å². The molecule has 140 valence electrons. The van der Waals surface area contributed by atoms with Crippen molar-refractivity contribution in [2.24, 2.45) is 0 Å². The van der Waals surface area contributed by atoms with E-state index in [4.69, 9.17) is 9.47 Å². The number of nitriles is 1. The maximum absolute atomic E-state index is 14.7. The largest absolute Gasteiger partial charge is 0.490 e. The van der Waals surface area contributed by atoms with E-state index in [1.54, 1.807) is 32.0 Å². The van der Waals surface area contributed by atoms with E-state index in [0.717, 1.165) is 0 Å². The molecule has 0 aromatic heterocycles. The van der Waals surface area contributed by atoms with Gasteiger partial charge >= 0.3 is 0 Å². The molecule has 0 bridgehead atoms. The molecule has 2 rings (SSSR count). The van der Waals surface area contributed by atoms with Crippen molar-refractivity contribution >= 4 is 12.2 Å². The standard InChI is InChI=1S/C20H19FN2O4/c1-3-26-17-9-14(16(10-22)18(21)19(17)27-4-2)11-23-20(25)15-8-6-5-7-13(15)12-24/h5-9,12H,3-4,11H2,1-2H3,(H,23,25). The predicted molar refractivity (Wildman–Crippen MR) is 96.5 cm³/mol. The third-order valence-electron chi connectivity index (χ3n) is 3.74. The molecule has 0 unspecified atom stereocenters. The highest BCUT2D eigenvalue weighted by Gasteiger charge is 2.21. The molecule has 2 aromatic rings. The van der Waals surface area contributed by atoms with Crippen LogP contribution in [0.3, 0.4) is 0 Å². The molecule has 1 N–H and O–H groups in total. The molecule has 0 saturated carbocycles. The van der Waals surface area contributed by atoms with Gasteiger partial charge in [0.15, 0.2) is 23.6 Å². The average molecular weight is 370 g/mol. The van der Waals surface area contributed by atoms with Gasteiger partial charge in [-0.2, -0.15) is 5.26 Å². The lowest BCUT2D eigenvalue weighted by Crippen LogP contribution is -2.24. The van der Waals surface area contributed by atoms with Crippen molar-refractivity contribution in [1.29, 1.82) is 5.26 Å². The Kier molecular flexibility index (Phi) is 6.89. The van der Waals surface area contributed by atoms with Crippen LogP contribution in [0.15, 0.2) is 30.3 Å². The highest BCUT2D eigenvalue weighted by atomic mass is 19.1. The summed E-state index contributed by atoms with van der Waals surface area (Å²) in [5.74, 6) is -1.30. The van der Waals surface area contributed by atoms with E-state index in [1.165, 1.54) is 18.2 Å². The average Bonchev–Trinajstić information content (AvgIpc) is 2.69. The first-order valence-electron chi connectivity index (χ1n) is 8.40. The van der Waals surface area contributed by atoms with Crippen molar-refractivity contribution in [2.45, 2.75) is 20.4 Å². The first-order valence-corrected chi connectivity index (χ1v) is 8.40. The van der Waals surface area contributed by atoms with Gasteiger partial charge in [-0.15, -0.1) is 0 Å². The van der Waals surface area contributed by atoms with Crippen molar-refractivity contribution in [3.8, 4) is 17.6 Å². The Bertz CT molecular complexity index is 890. The Morgan fingerprint density at radius 1 is 1.26 bits per heavy atom. The number of aldehydes is 1. The topological polar surface area (TPSA) is 88.4 Å². The summed E-state index contributed by atoms with van der Waals surface area (Å²) < 4.78 is 25.4. The third-order valence-corrected chi connectivity index (χ3v) is 3.74. The van der Waals surface area contributed by atoms with Gasteiger partial charge in [0.25, 0.3) is 5.91 Å². The summed E-state index contributed by atoms with van der Waals surface area (Å²) in [4.78, 5) is 23.4. The monoisotopic (exact) mass is 370 g/mol. The Labute approximate surface area is 156 Å². The van der Waals surface area contributed by atoms with Gasteiger partial charge in [-0.05, 0) is 31.5 Å². The number of nitrogens with zero attached hydrogens (tertiary/aromatic N) is 1. The summed E-state index contributed by atoms with van der Waals surface area (Å²) >= 11 is 0. The van der Waals surface area contributed by atoms with Crippen LogP contribution in [0.1, 0.15) is 45.7 Å². The van der Waals surface area contributed by atoms with Crippen molar-refractivity contribution < 1.29 is 23.5 Å². The molecule has 0 fully saturated rings. The van der Waals surface area contributed by atoms with E-state index in [2.05, 4.69) is 5.32 Å². The minimum Gasteiger partial charge on any atom is -0.490 e. The van der Waals surface area contributed by atoms with Gasteiger partial charge in [0, 0.05) is 17.7 Å². The molecule has 7 heteroatoms. The minimum atomic E-state index is -0.831. The third kappa shape index (κ3) is 4.42. The molecule has 0 aliphatic heterocycles. The molecule has 0 aliphatic rings. The fraction of sp³-hybridized carbons (Fsp3) is 0.250. The normalized spacial score (nSPS) is 10.0. The number of nitrogens with one attached hydrogen (secondary N) is 1. The van der Waals surface area contributed by atoms with E-state index < -0.39 is 11.7 Å². The van der Waals surface area contributed by atoms with E-state index in [1.807, 2.05) is 0 Å². The summed E-state index contributed by atoms with van der Waals surface area (Å²) in [5.41, 5.74) is 0.454. The summed E-state index contributed by atoms with van der Waals surface area (Å²) in [6.07, 6.45) is 0.583. The first-order chi connectivity index (χ1) is 13.1. The zero-order valence-electron chi connectivity index (χ0n) is 15.0. The van der Waals surface area contributed by atoms with Gasteiger partial charge in [0.2, 0.25) is 0 Å². The molecule has 1 amide bonds. The molecule has 0 saturated heterocycles. The molecular formula is C20H19FN2O4. The fourth-order valence-electron chi connectivity index (χ4n) is 2.54. The fourth-order valence-corrected chi connectivity index (χ4v) is 2.54. The van der Waals surface area contributed by atoms with Gasteiger partial charge in [0.05, 0.1) is 18.8 Å². The Balaban J connectivity index is 2.34. The number of hydrogen-bond acceptors (Lipinski definition) is 5. The van der Waals surface area contributed by atoms with E-state index in [0.29, 0.717) is 6.29 Å². The number of benzene rings is 2. The summed E-state index contributed by atoms with van der Waals surface area (Å²) in [6, 6.07) is 9.58. The Morgan fingerprint density at radius 3 is 2.59 bits per heavy atom. The highest BCUT2D eigenvalue weighted by Crippen LogP contribution is 2.35. The van der Waals surface area contributed by atoms with E-state index in [-0.39, 0.29) is 53.5 Å². The SMILES string of the molecule is CCOc1cc(CNC(=O)c2ccccc2C=O)c(C#N)c(F)c1OCC. The molecule has 0 aliphatic carbocycles. The van der Waals surface area contributed by atoms with Crippen molar-refractivity contribution in [1.82, 2.24) is 5.32 Å². The van der Waals surface area contributed by atoms with Crippen LogP contribution >= 0.6 is 0 Å². The lowest BCUT2D eigenvalue weighted by Gasteiger charge is -2.16.